The van der Waals surface area contributed by atoms with Crippen LogP contribution in [0.5, 0.6) is 0 Å². The molecule has 6 rings (SSSR count). The second-order valence-electron chi connectivity index (χ2n) is 10.1. The molecule has 1 aliphatic carbocycles. The van der Waals surface area contributed by atoms with Gasteiger partial charge in [-0.25, -0.2) is 4.98 Å². The van der Waals surface area contributed by atoms with Crippen molar-refractivity contribution >= 4 is 28.1 Å². The third-order valence-electron chi connectivity index (χ3n) is 7.92. The van der Waals surface area contributed by atoms with Crippen molar-refractivity contribution in [3.63, 3.8) is 0 Å². The van der Waals surface area contributed by atoms with E-state index in [0.717, 1.165) is 46.7 Å². The van der Waals surface area contributed by atoms with E-state index in [1.165, 1.54) is 11.1 Å². The molecule has 4 aromatic rings. The van der Waals surface area contributed by atoms with E-state index in [-0.39, 0.29) is 17.9 Å². The molecule has 0 radical (unpaired) electrons. The number of rotatable bonds is 6. The van der Waals surface area contributed by atoms with Crippen LogP contribution in [0.25, 0.3) is 16.1 Å². The first kappa shape index (κ1) is 23.0. The Bertz CT molecular complexity index is 1490. The number of carbonyl (C=O) groups is 2. The lowest BCUT2D eigenvalue weighted by molar-refractivity contribution is 0.0695. The summed E-state index contributed by atoms with van der Waals surface area (Å²) in [4.78, 5) is 34.2. The Kier molecular flexibility index (Phi) is 5.67. The molecule has 1 aliphatic heterocycles. The Hall–Kier alpha value is -3.45. The summed E-state index contributed by atoms with van der Waals surface area (Å²) in [7, 11) is 0. The third-order valence-corrected chi connectivity index (χ3v) is 8.81. The van der Waals surface area contributed by atoms with Crippen LogP contribution in [0, 0.1) is 25.7 Å². The predicted octanol–water partition coefficient (Wildman–Crippen LogP) is 5.13. The minimum Gasteiger partial charge on any atom is -0.349 e. The molecule has 1 saturated carbocycles. The van der Waals surface area contributed by atoms with Gasteiger partial charge in [-0.05, 0) is 66.8 Å². The Labute approximate surface area is 215 Å². The van der Waals surface area contributed by atoms with Crippen LogP contribution in [0.3, 0.4) is 0 Å². The van der Waals surface area contributed by atoms with Crippen LogP contribution in [0.4, 0.5) is 0 Å². The van der Waals surface area contributed by atoms with Crippen LogP contribution in [0.1, 0.15) is 51.0 Å². The number of thiazole rings is 1. The van der Waals surface area contributed by atoms with Gasteiger partial charge in [0.1, 0.15) is 5.69 Å². The summed E-state index contributed by atoms with van der Waals surface area (Å²) in [5.74, 6) is 0.909. The molecule has 2 aliphatic rings. The predicted molar refractivity (Wildman–Crippen MR) is 143 cm³/mol. The van der Waals surface area contributed by atoms with Crippen molar-refractivity contribution in [2.24, 2.45) is 11.8 Å². The van der Waals surface area contributed by atoms with Crippen LogP contribution >= 0.6 is 11.3 Å². The van der Waals surface area contributed by atoms with Crippen molar-refractivity contribution in [3.05, 3.63) is 82.1 Å². The topological polar surface area (TPSA) is 66.7 Å². The van der Waals surface area contributed by atoms with Crippen molar-refractivity contribution in [1.82, 2.24) is 19.6 Å². The van der Waals surface area contributed by atoms with Crippen molar-refractivity contribution in [3.8, 4) is 11.1 Å². The molecule has 0 bridgehead atoms. The Morgan fingerprint density at radius 1 is 1.14 bits per heavy atom. The summed E-state index contributed by atoms with van der Waals surface area (Å²) in [5, 5.41) is 5.18. The SMILES string of the molecule is CCc1csc2ncc(C(=O)NC[C@@H]3[C@H]4C[C@H]4CN3C(=O)c3ccccc3-c3ccc(C)c(C)c3)n12. The van der Waals surface area contributed by atoms with Crippen molar-refractivity contribution in [1.29, 1.82) is 0 Å². The van der Waals surface area contributed by atoms with Gasteiger partial charge in [0.15, 0.2) is 4.96 Å². The molecule has 2 fully saturated rings. The number of carbonyl (C=O) groups excluding carboxylic acids is 2. The third kappa shape index (κ3) is 3.82. The molecule has 1 N–H and O–H groups in total. The quantitative estimate of drug-likeness (QED) is 0.401. The second-order valence-corrected chi connectivity index (χ2v) is 10.9. The standard InChI is InChI=1S/C29H30N4O2S/c1-4-21-16-36-29-31-14-26(33(21)29)27(34)30-13-25-24-12-20(24)15-32(25)28(35)23-8-6-5-7-22(23)19-10-9-17(2)18(3)11-19/h5-11,14,16,20,24-25H,4,12-13,15H2,1-3H3,(H,30,34)/t20-,24-,25+/m0/s1. The molecule has 3 heterocycles. The average molecular weight is 499 g/mol. The van der Waals surface area contributed by atoms with E-state index in [1.807, 2.05) is 33.6 Å². The summed E-state index contributed by atoms with van der Waals surface area (Å²) in [6, 6.07) is 14.2. The van der Waals surface area contributed by atoms with Gasteiger partial charge in [0.2, 0.25) is 0 Å². The Morgan fingerprint density at radius 3 is 2.78 bits per heavy atom. The molecule has 1 saturated heterocycles. The number of nitrogens with zero attached hydrogens (tertiary/aromatic N) is 3. The Morgan fingerprint density at radius 2 is 1.97 bits per heavy atom. The molecule has 0 spiro atoms. The second kappa shape index (κ2) is 8.89. The summed E-state index contributed by atoms with van der Waals surface area (Å²) in [5.41, 5.74) is 6.84. The highest BCUT2D eigenvalue weighted by molar-refractivity contribution is 7.15. The van der Waals surface area contributed by atoms with Gasteiger partial charge in [-0.2, -0.15) is 0 Å². The summed E-state index contributed by atoms with van der Waals surface area (Å²) >= 11 is 1.55. The number of likely N-dealkylation sites (tertiary alicyclic amines) is 1. The number of piperidine rings is 1. The number of aromatic nitrogens is 2. The number of benzene rings is 2. The molecule has 6 nitrogen and oxygen atoms in total. The van der Waals surface area contributed by atoms with E-state index in [0.29, 0.717) is 24.1 Å². The smallest absolute Gasteiger partial charge is 0.270 e. The molecule has 0 unspecified atom stereocenters. The number of nitrogens with one attached hydrogen (secondary N) is 1. The fourth-order valence-electron chi connectivity index (χ4n) is 5.61. The number of hydrogen-bond donors (Lipinski definition) is 1. The minimum atomic E-state index is -0.136. The lowest BCUT2D eigenvalue weighted by Gasteiger charge is -2.28. The first-order valence-electron chi connectivity index (χ1n) is 12.7. The van der Waals surface area contributed by atoms with Crippen LogP contribution in [0.15, 0.2) is 54.0 Å². The van der Waals surface area contributed by atoms with Crippen molar-refractivity contribution < 1.29 is 9.59 Å². The first-order valence-corrected chi connectivity index (χ1v) is 13.5. The fourth-order valence-corrected chi connectivity index (χ4v) is 6.56. The number of amides is 2. The van der Waals surface area contributed by atoms with Crippen molar-refractivity contribution in [2.75, 3.05) is 13.1 Å². The van der Waals surface area contributed by atoms with Gasteiger partial charge in [0, 0.05) is 29.7 Å². The molecule has 7 heteroatoms. The van der Waals surface area contributed by atoms with Gasteiger partial charge in [-0.3, -0.25) is 14.0 Å². The molecule has 3 atom stereocenters. The van der Waals surface area contributed by atoms with Crippen molar-refractivity contribution in [2.45, 2.75) is 39.7 Å². The molecule has 2 amide bonds. The summed E-state index contributed by atoms with van der Waals surface area (Å²) in [6.45, 7) is 7.49. The highest BCUT2D eigenvalue weighted by Crippen LogP contribution is 2.50. The van der Waals surface area contributed by atoms with E-state index in [9.17, 15) is 9.59 Å². The molecule has 184 valence electrons. The zero-order valence-electron chi connectivity index (χ0n) is 20.8. The van der Waals surface area contributed by atoms with Crippen LogP contribution in [0.2, 0.25) is 0 Å². The lowest BCUT2D eigenvalue weighted by Crippen LogP contribution is -2.45. The van der Waals surface area contributed by atoms with E-state index in [4.69, 9.17) is 0 Å². The molecule has 36 heavy (non-hydrogen) atoms. The first-order chi connectivity index (χ1) is 17.5. The normalized spacial score (nSPS) is 20.5. The number of fused-ring (bicyclic) bond motifs is 2. The van der Waals surface area contributed by atoms with Gasteiger partial charge >= 0.3 is 0 Å². The largest absolute Gasteiger partial charge is 0.349 e. The van der Waals surface area contributed by atoms with Crippen LogP contribution in [-0.4, -0.2) is 45.2 Å². The maximum atomic E-state index is 13.9. The maximum Gasteiger partial charge on any atom is 0.270 e. The number of aryl methyl sites for hydroxylation is 3. The fraction of sp³-hybridized carbons (Fsp3) is 0.345. The van der Waals surface area contributed by atoms with E-state index < -0.39 is 0 Å². The number of hydrogen-bond acceptors (Lipinski definition) is 4. The summed E-state index contributed by atoms with van der Waals surface area (Å²) < 4.78 is 1.94. The zero-order chi connectivity index (χ0) is 25.0. The van der Waals surface area contributed by atoms with E-state index in [1.54, 1.807) is 17.5 Å². The van der Waals surface area contributed by atoms with E-state index >= 15 is 0 Å². The molecular weight excluding hydrogens is 468 g/mol. The Balaban J connectivity index is 1.23. The van der Waals surface area contributed by atoms with Gasteiger partial charge in [-0.1, -0.05) is 43.3 Å². The number of imidazole rings is 1. The van der Waals surface area contributed by atoms with Gasteiger partial charge in [0.05, 0.1) is 12.2 Å². The molecule has 2 aromatic carbocycles. The summed E-state index contributed by atoms with van der Waals surface area (Å²) in [6.07, 6.45) is 3.62. The highest BCUT2D eigenvalue weighted by Gasteiger charge is 2.54. The van der Waals surface area contributed by atoms with Gasteiger partial charge < -0.3 is 10.2 Å². The average Bonchev–Trinajstić information content (AvgIpc) is 3.19. The molecule has 2 aromatic heterocycles. The minimum absolute atomic E-state index is 0.00999. The van der Waals surface area contributed by atoms with Gasteiger partial charge in [0.25, 0.3) is 11.8 Å². The van der Waals surface area contributed by atoms with Crippen LogP contribution < -0.4 is 5.32 Å². The monoisotopic (exact) mass is 498 g/mol. The van der Waals surface area contributed by atoms with Crippen LogP contribution in [-0.2, 0) is 6.42 Å². The van der Waals surface area contributed by atoms with Gasteiger partial charge in [-0.15, -0.1) is 11.3 Å². The zero-order valence-corrected chi connectivity index (χ0v) is 21.6. The lowest BCUT2D eigenvalue weighted by atomic mass is 9.95. The maximum absolute atomic E-state index is 13.9. The van der Waals surface area contributed by atoms with E-state index in [2.05, 4.69) is 54.7 Å². The molecular formula is C29H30N4O2S. The highest BCUT2D eigenvalue weighted by atomic mass is 32.1.